The van der Waals surface area contributed by atoms with Gasteiger partial charge in [0.25, 0.3) is 0 Å². The molecule has 1 amide bonds. The molecule has 1 saturated carbocycles. The van der Waals surface area contributed by atoms with Gasteiger partial charge in [-0.1, -0.05) is 12.8 Å². The van der Waals surface area contributed by atoms with Gasteiger partial charge >= 0.3 is 5.97 Å². The molecule has 3 fully saturated rings. The van der Waals surface area contributed by atoms with Crippen molar-refractivity contribution in [1.29, 1.82) is 0 Å². The molecule has 6 nitrogen and oxygen atoms in total. The minimum atomic E-state index is -0.991. The number of rotatable bonds is 3. The topological polar surface area (TPSA) is 73.7 Å². The number of nitrogens with zero attached hydrogens (tertiary/aromatic N) is 3. The van der Waals surface area contributed by atoms with Crippen LogP contribution in [0.15, 0.2) is 18.3 Å². The van der Waals surface area contributed by atoms with E-state index in [0.29, 0.717) is 18.4 Å². The number of hydrogen-bond acceptors (Lipinski definition) is 4. The van der Waals surface area contributed by atoms with Gasteiger partial charge in [-0.3, -0.25) is 4.79 Å². The summed E-state index contributed by atoms with van der Waals surface area (Å²) in [6.07, 6.45) is 10.2. The van der Waals surface area contributed by atoms with Crippen molar-refractivity contribution in [2.75, 3.05) is 24.5 Å². The molecular formula is C20H27N3O3. The van der Waals surface area contributed by atoms with Crippen molar-refractivity contribution < 1.29 is 14.7 Å². The Bertz CT molecular complexity index is 701. The molecule has 1 aromatic rings. The maximum atomic E-state index is 12.5. The first kappa shape index (κ1) is 17.3. The van der Waals surface area contributed by atoms with Gasteiger partial charge in [0, 0.05) is 49.4 Å². The first-order chi connectivity index (χ1) is 12.6. The third-order valence-electron chi connectivity index (χ3n) is 6.45. The second-order valence-corrected chi connectivity index (χ2v) is 8.19. The SMILES string of the molecule is O=C(O)c1cc(N2CCC[C@@]3(CCC(=O)N(C4CCCC4)C3)C2)ccn1. The van der Waals surface area contributed by atoms with Crippen LogP contribution in [0, 0.1) is 5.41 Å². The standard InChI is InChI=1S/C20H27N3O3/c24-18-6-9-20(14-23(18)15-4-1-2-5-15)8-3-11-22(13-20)16-7-10-21-17(12-16)19(25)26/h7,10,12,15H,1-6,8-9,11,13-14H2,(H,25,26)/t20-/m1/s1. The number of amides is 1. The molecule has 0 bridgehead atoms. The van der Waals surface area contributed by atoms with E-state index in [2.05, 4.69) is 14.8 Å². The Balaban J connectivity index is 1.53. The van der Waals surface area contributed by atoms with Crippen molar-refractivity contribution >= 4 is 17.6 Å². The van der Waals surface area contributed by atoms with E-state index in [4.69, 9.17) is 0 Å². The number of likely N-dealkylation sites (tertiary alicyclic amines) is 1. The highest BCUT2D eigenvalue weighted by atomic mass is 16.4. The summed E-state index contributed by atoms with van der Waals surface area (Å²) >= 11 is 0. The first-order valence-corrected chi connectivity index (χ1v) is 9.80. The smallest absolute Gasteiger partial charge is 0.354 e. The van der Waals surface area contributed by atoms with Crippen molar-refractivity contribution in [3.8, 4) is 0 Å². The van der Waals surface area contributed by atoms with E-state index in [9.17, 15) is 14.7 Å². The molecule has 3 heterocycles. The van der Waals surface area contributed by atoms with Crippen LogP contribution in [0.4, 0.5) is 5.69 Å². The van der Waals surface area contributed by atoms with Gasteiger partial charge in [-0.05, 0) is 44.2 Å². The van der Waals surface area contributed by atoms with E-state index in [1.807, 2.05) is 6.07 Å². The maximum absolute atomic E-state index is 12.5. The molecule has 0 aromatic carbocycles. The average Bonchev–Trinajstić information content (AvgIpc) is 3.19. The number of carbonyl (C=O) groups excluding carboxylic acids is 1. The van der Waals surface area contributed by atoms with Crippen LogP contribution in [0.1, 0.15) is 61.9 Å². The highest BCUT2D eigenvalue weighted by molar-refractivity contribution is 5.86. The summed E-state index contributed by atoms with van der Waals surface area (Å²) in [5.41, 5.74) is 1.16. The second kappa shape index (κ2) is 6.89. The van der Waals surface area contributed by atoms with E-state index in [1.165, 1.54) is 12.8 Å². The van der Waals surface area contributed by atoms with Gasteiger partial charge < -0.3 is 14.9 Å². The fraction of sp³-hybridized carbons (Fsp3) is 0.650. The van der Waals surface area contributed by atoms with E-state index in [0.717, 1.165) is 57.4 Å². The highest BCUT2D eigenvalue weighted by Crippen LogP contribution is 2.42. The van der Waals surface area contributed by atoms with Crippen molar-refractivity contribution in [1.82, 2.24) is 9.88 Å². The van der Waals surface area contributed by atoms with Gasteiger partial charge in [-0.2, -0.15) is 0 Å². The molecule has 6 heteroatoms. The molecule has 26 heavy (non-hydrogen) atoms. The van der Waals surface area contributed by atoms with Gasteiger partial charge in [0.2, 0.25) is 5.91 Å². The van der Waals surface area contributed by atoms with Crippen LogP contribution in [0.3, 0.4) is 0 Å². The number of piperidine rings is 2. The molecule has 2 saturated heterocycles. The number of carboxylic acid groups (broad SMARTS) is 1. The predicted molar refractivity (Wildman–Crippen MR) is 98.3 cm³/mol. The normalized spacial score (nSPS) is 27.3. The Morgan fingerprint density at radius 3 is 2.77 bits per heavy atom. The number of pyridine rings is 1. The zero-order valence-corrected chi connectivity index (χ0v) is 15.2. The highest BCUT2D eigenvalue weighted by Gasteiger charge is 2.44. The minimum Gasteiger partial charge on any atom is -0.477 e. The average molecular weight is 357 g/mol. The van der Waals surface area contributed by atoms with Crippen LogP contribution < -0.4 is 4.90 Å². The number of aromatic nitrogens is 1. The van der Waals surface area contributed by atoms with Gasteiger partial charge in [-0.25, -0.2) is 9.78 Å². The van der Waals surface area contributed by atoms with Crippen molar-refractivity contribution in [2.45, 2.75) is 57.4 Å². The summed E-state index contributed by atoms with van der Waals surface area (Å²) in [6.45, 7) is 2.69. The lowest BCUT2D eigenvalue weighted by molar-refractivity contribution is -0.140. The third-order valence-corrected chi connectivity index (χ3v) is 6.45. The summed E-state index contributed by atoms with van der Waals surface area (Å²) in [4.78, 5) is 32.1. The fourth-order valence-electron chi connectivity index (χ4n) is 5.09. The quantitative estimate of drug-likeness (QED) is 0.900. The van der Waals surface area contributed by atoms with Crippen LogP contribution in [-0.4, -0.2) is 52.5 Å². The van der Waals surface area contributed by atoms with Gasteiger partial charge in [0.15, 0.2) is 0 Å². The molecule has 4 rings (SSSR count). The zero-order chi connectivity index (χ0) is 18.1. The van der Waals surface area contributed by atoms with Crippen molar-refractivity contribution in [3.63, 3.8) is 0 Å². The molecule has 1 atom stereocenters. The third kappa shape index (κ3) is 3.29. The largest absolute Gasteiger partial charge is 0.477 e. The summed E-state index contributed by atoms with van der Waals surface area (Å²) in [6, 6.07) is 4.01. The lowest BCUT2D eigenvalue weighted by Crippen LogP contribution is -2.56. The first-order valence-electron chi connectivity index (χ1n) is 9.80. The van der Waals surface area contributed by atoms with Gasteiger partial charge in [-0.15, -0.1) is 0 Å². The second-order valence-electron chi connectivity index (χ2n) is 8.19. The lowest BCUT2D eigenvalue weighted by atomic mass is 9.73. The van der Waals surface area contributed by atoms with Gasteiger partial charge in [0.1, 0.15) is 5.69 Å². The minimum absolute atomic E-state index is 0.0912. The Morgan fingerprint density at radius 2 is 2.00 bits per heavy atom. The molecule has 2 aliphatic heterocycles. The molecule has 0 unspecified atom stereocenters. The zero-order valence-electron chi connectivity index (χ0n) is 15.2. The lowest BCUT2D eigenvalue weighted by Gasteiger charge is -2.50. The van der Waals surface area contributed by atoms with Crippen LogP contribution in [0.2, 0.25) is 0 Å². The molecule has 0 radical (unpaired) electrons. The van der Waals surface area contributed by atoms with Gasteiger partial charge in [0.05, 0.1) is 0 Å². The van der Waals surface area contributed by atoms with Crippen LogP contribution in [0.25, 0.3) is 0 Å². The molecule has 1 spiro atoms. The molecular weight excluding hydrogens is 330 g/mol. The number of aromatic carboxylic acids is 1. The maximum Gasteiger partial charge on any atom is 0.354 e. The van der Waals surface area contributed by atoms with E-state index in [-0.39, 0.29) is 11.1 Å². The summed E-state index contributed by atoms with van der Waals surface area (Å²) in [5.74, 6) is -0.661. The summed E-state index contributed by atoms with van der Waals surface area (Å²) < 4.78 is 0. The Morgan fingerprint density at radius 1 is 1.19 bits per heavy atom. The fourth-order valence-corrected chi connectivity index (χ4v) is 5.09. The predicted octanol–water partition coefficient (Wildman–Crippen LogP) is 2.93. The van der Waals surface area contributed by atoms with Crippen LogP contribution in [-0.2, 0) is 4.79 Å². The molecule has 1 aliphatic carbocycles. The molecule has 3 aliphatic rings. The van der Waals surface area contributed by atoms with Crippen molar-refractivity contribution in [2.24, 2.45) is 5.41 Å². The number of carboxylic acids is 1. The Labute approximate surface area is 154 Å². The molecule has 1 aromatic heterocycles. The number of carbonyl (C=O) groups is 2. The monoisotopic (exact) mass is 357 g/mol. The van der Waals surface area contributed by atoms with E-state index in [1.54, 1.807) is 12.3 Å². The van der Waals surface area contributed by atoms with Crippen LogP contribution in [0.5, 0.6) is 0 Å². The molecule has 1 N–H and O–H groups in total. The Hall–Kier alpha value is -2.11. The number of anilines is 1. The van der Waals surface area contributed by atoms with E-state index >= 15 is 0 Å². The number of hydrogen-bond donors (Lipinski definition) is 1. The van der Waals surface area contributed by atoms with Crippen LogP contribution >= 0.6 is 0 Å². The Kier molecular flexibility index (Phi) is 4.59. The van der Waals surface area contributed by atoms with E-state index < -0.39 is 5.97 Å². The molecule has 140 valence electrons. The van der Waals surface area contributed by atoms with Crippen molar-refractivity contribution in [3.05, 3.63) is 24.0 Å². The summed E-state index contributed by atoms with van der Waals surface area (Å²) in [7, 11) is 0. The summed E-state index contributed by atoms with van der Waals surface area (Å²) in [5, 5.41) is 9.21.